The highest BCUT2D eigenvalue weighted by molar-refractivity contribution is 5.03. The molecular formula is C7H12F3N. The van der Waals surface area contributed by atoms with Crippen LogP contribution in [0.2, 0.25) is 0 Å². The van der Waals surface area contributed by atoms with Crippen LogP contribution in [0.3, 0.4) is 0 Å². The molecule has 0 saturated carbocycles. The third-order valence-electron chi connectivity index (χ3n) is 1.62. The fraction of sp³-hybridized carbons (Fsp3) is 0.714. The quantitative estimate of drug-likeness (QED) is 0.671. The van der Waals surface area contributed by atoms with E-state index in [0.717, 1.165) is 6.20 Å². The first-order chi connectivity index (χ1) is 4.93. The molecule has 0 rings (SSSR count). The lowest BCUT2D eigenvalue weighted by Gasteiger charge is -2.18. The van der Waals surface area contributed by atoms with Crippen molar-refractivity contribution < 1.29 is 13.2 Å². The van der Waals surface area contributed by atoms with Gasteiger partial charge in [0, 0.05) is 0 Å². The van der Waals surface area contributed by atoms with Crippen molar-refractivity contribution in [2.45, 2.75) is 26.4 Å². The van der Waals surface area contributed by atoms with Crippen molar-refractivity contribution in [3.05, 3.63) is 11.8 Å². The van der Waals surface area contributed by atoms with Crippen molar-refractivity contribution in [3.8, 4) is 0 Å². The van der Waals surface area contributed by atoms with E-state index in [1.165, 1.54) is 13.8 Å². The lowest BCUT2D eigenvalue weighted by atomic mass is 9.98. The highest BCUT2D eigenvalue weighted by Gasteiger charge is 2.38. The van der Waals surface area contributed by atoms with Gasteiger partial charge in [-0.2, -0.15) is 13.2 Å². The van der Waals surface area contributed by atoms with E-state index in [0.29, 0.717) is 0 Å². The smallest absolute Gasteiger partial charge is 0.395 e. The summed E-state index contributed by atoms with van der Waals surface area (Å²) in [5.74, 6) is -1.38. The molecule has 0 aromatic carbocycles. The molecule has 66 valence electrons. The molecule has 4 heteroatoms. The normalized spacial score (nSPS) is 16.6. The van der Waals surface area contributed by atoms with Gasteiger partial charge in [-0.15, -0.1) is 0 Å². The Labute approximate surface area is 64.1 Å². The SMILES string of the molecule is CCC(/C(C)=C\N)C(F)(F)F. The lowest BCUT2D eigenvalue weighted by Crippen LogP contribution is -2.23. The molecule has 0 aromatic heterocycles. The third kappa shape index (κ3) is 2.82. The first-order valence-electron chi connectivity index (χ1n) is 3.38. The standard InChI is InChI=1S/C7H12F3N/c1-3-6(5(2)4-11)7(8,9)10/h4,6H,3,11H2,1-2H3/b5-4-. The summed E-state index contributed by atoms with van der Waals surface area (Å²) in [5, 5.41) is 0. The van der Waals surface area contributed by atoms with E-state index in [-0.39, 0.29) is 12.0 Å². The van der Waals surface area contributed by atoms with Gasteiger partial charge in [-0.05, 0) is 25.1 Å². The van der Waals surface area contributed by atoms with Gasteiger partial charge in [-0.1, -0.05) is 6.92 Å². The molecule has 0 spiro atoms. The maximum absolute atomic E-state index is 12.1. The molecule has 0 amide bonds. The van der Waals surface area contributed by atoms with Crippen molar-refractivity contribution in [2.75, 3.05) is 0 Å². The number of rotatable bonds is 2. The van der Waals surface area contributed by atoms with Crippen molar-refractivity contribution in [2.24, 2.45) is 11.7 Å². The summed E-state index contributed by atoms with van der Waals surface area (Å²) < 4.78 is 36.2. The van der Waals surface area contributed by atoms with Crippen LogP contribution in [-0.2, 0) is 0 Å². The minimum absolute atomic E-state index is 0.0447. The van der Waals surface area contributed by atoms with Crippen molar-refractivity contribution in [1.82, 2.24) is 0 Å². The van der Waals surface area contributed by atoms with Gasteiger partial charge >= 0.3 is 6.18 Å². The zero-order valence-corrected chi connectivity index (χ0v) is 6.57. The van der Waals surface area contributed by atoms with Crippen LogP contribution >= 0.6 is 0 Å². The van der Waals surface area contributed by atoms with Crippen LogP contribution < -0.4 is 5.73 Å². The second-order valence-corrected chi connectivity index (χ2v) is 2.41. The van der Waals surface area contributed by atoms with Gasteiger partial charge in [0.1, 0.15) is 0 Å². The maximum atomic E-state index is 12.1. The van der Waals surface area contributed by atoms with Crippen LogP contribution in [0.1, 0.15) is 20.3 Å². The Bertz CT molecular complexity index is 148. The highest BCUT2D eigenvalue weighted by Crippen LogP contribution is 2.33. The van der Waals surface area contributed by atoms with E-state index in [9.17, 15) is 13.2 Å². The molecule has 0 radical (unpaired) electrons. The fourth-order valence-electron chi connectivity index (χ4n) is 0.928. The van der Waals surface area contributed by atoms with Crippen LogP contribution in [0, 0.1) is 5.92 Å². The Morgan fingerprint density at radius 2 is 2.00 bits per heavy atom. The van der Waals surface area contributed by atoms with E-state index in [4.69, 9.17) is 5.73 Å². The van der Waals surface area contributed by atoms with E-state index in [2.05, 4.69) is 0 Å². The predicted molar refractivity (Wildman–Crippen MR) is 37.8 cm³/mol. The molecule has 0 saturated heterocycles. The number of alkyl halides is 3. The van der Waals surface area contributed by atoms with Gasteiger partial charge in [0.05, 0.1) is 5.92 Å². The van der Waals surface area contributed by atoms with E-state index >= 15 is 0 Å². The summed E-state index contributed by atoms with van der Waals surface area (Å²) in [4.78, 5) is 0. The summed E-state index contributed by atoms with van der Waals surface area (Å²) in [6.45, 7) is 2.88. The Morgan fingerprint density at radius 3 is 2.09 bits per heavy atom. The van der Waals surface area contributed by atoms with Gasteiger partial charge in [0.2, 0.25) is 0 Å². The maximum Gasteiger partial charge on any atom is 0.395 e. The highest BCUT2D eigenvalue weighted by atomic mass is 19.4. The van der Waals surface area contributed by atoms with E-state index in [1.54, 1.807) is 0 Å². The molecule has 0 aromatic rings. The molecule has 0 fully saturated rings. The van der Waals surface area contributed by atoms with Gasteiger partial charge in [0.15, 0.2) is 0 Å². The summed E-state index contributed by atoms with van der Waals surface area (Å²) in [6.07, 6.45) is -3.10. The Hall–Kier alpha value is -0.670. The minimum Gasteiger partial charge on any atom is -0.405 e. The first kappa shape index (κ1) is 10.3. The van der Waals surface area contributed by atoms with Gasteiger partial charge < -0.3 is 5.73 Å². The van der Waals surface area contributed by atoms with Crippen LogP contribution in [-0.4, -0.2) is 6.18 Å². The fourth-order valence-corrected chi connectivity index (χ4v) is 0.928. The average molecular weight is 167 g/mol. The summed E-state index contributed by atoms with van der Waals surface area (Å²) in [6, 6.07) is 0. The van der Waals surface area contributed by atoms with Gasteiger partial charge in [-0.3, -0.25) is 0 Å². The van der Waals surface area contributed by atoms with Crippen LogP contribution in [0.15, 0.2) is 11.8 Å². The molecule has 0 aliphatic heterocycles. The largest absolute Gasteiger partial charge is 0.405 e. The third-order valence-corrected chi connectivity index (χ3v) is 1.62. The summed E-state index contributed by atoms with van der Waals surface area (Å²) in [7, 11) is 0. The van der Waals surface area contributed by atoms with Crippen LogP contribution in [0.4, 0.5) is 13.2 Å². The van der Waals surface area contributed by atoms with E-state index in [1.807, 2.05) is 0 Å². The molecule has 0 aliphatic rings. The minimum atomic E-state index is -4.16. The number of hydrogen-bond acceptors (Lipinski definition) is 1. The Kier molecular flexibility index (Phi) is 3.42. The van der Waals surface area contributed by atoms with Crippen molar-refractivity contribution in [3.63, 3.8) is 0 Å². The monoisotopic (exact) mass is 167 g/mol. The molecule has 0 aliphatic carbocycles. The molecule has 1 atom stereocenters. The number of hydrogen-bond donors (Lipinski definition) is 1. The lowest BCUT2D eigenvalue weighted by molar-refractivity contribution is -0.164. The molecule has 1 nitrogen and oxygen atoms in total. The van der Waals surface area contributed by atoms with E-state index < -0.39 is 12.1 Å². The number of nitrogens with two attached hydrogens (primary N) is 1. The van der Waals surface area contributed by atoms with Crippen molar-refractivity contribution in [1.29, 1.82) is 0 Å². The van der Waals surface area contributed by atoms with Crippen LogP contribution in [0.5, 0.6) is 0 Å². The second kappa shape index (κ2) is 3.64. The second-order valence-electron chi connectivity index (χ2n) is 2.41. The van der Waals surface area contributed by atoms with Crippen LogP contribution in [0.25, 0.3) is 0 Å². The number of halogens is 3. The molecule has 0 heterocycles. The van der Waals surface area contributed by atoms with Gasteiger partial charge in [0.25, 0.3) is 0 Å². The number of allylic oxidation sites excluding steroid dienone is 1. The molecular weight excluding hydrogens is 155 g/mol. The molecule has 2 N–H and O–H groups in total. The summed E-state index contributed by atoms with van der Waals surface area (Å²) in [5.41, 5.74) is 5.16. The molecule has 0 bridgehead atoms. The Balaban J connectivity index is 4.42. The zero-order chi connectivity index (χ0) is 9.07. The van der Waals surface area contributed by atoms with Gasteiger partial charge in [-0.25, -0.2) is 0 Å². The zero-order valence-electron chi connectivity index (χ0n) is 6.57. The first-order valence-corrected chi connectivity index (χ1v) is 3.38. The van der Waals surface area contributed by atoms with Crippen molar-refractivity contribution >= 4 is 0 Å². The Morgan fingerprint density at radius 1 is 1.55 bits per heavy atom. The molecule has 11 heavy (non-hydrogen) atoms. The average Bonchev–Trinajstić information content (AvgIpc) is 1.86. The topological polar surface area (TPSA) is 26.0 Å². The molecule has 1 unspecified atom stereocenters. The summed E-state index contributed by atoms with van der Waals surface area (Å²) >= 11 is 0. The predicted octanol–water partition coefficient (Wildman–Crippen LogP) is 2.44.